The molecule has 2 aliphatic carbocycles. The van der Waals surface area contributed by atoms with Crippen LogP contribution in [0, 0.1) is 12.2 Å². The molecule has 0 spiro atoms. The summed E-state index contributed by atoms with van der Waals surface area (Å²) >= 11 is 0.407. The zero-order chi connectivity index (χ0) is 12.9. The van der Waals surface area contributed by atoms with Crippen LogP contribution in [0.15, 0.2) is 36.5 Å². The molecule has 3 heteroatoms. The van der Waals surface area contributed by atoms with Crippen LogP contribution in [0.4, 0.5) is 0 Å². The van der Waals surface area contributed by atoms with Gasteiger partial charge in [0.2, 0.25) is 0 Å². The molecule has 0 amide bonds. The van der Waals surface area contributed by atoms with Gasteiger partial charge in [0.25, 0.3) is 0 Å². The minimum atomic E-state index is 0. The van der Waals surface area contributed by atoms with E-state index >= 15 is 0 Å². The van der Waals surface area contributed by atoms with Crippen molar-refractivity contribution in [2.24, 2.45) is 0 Å². The van der Waals surface area contributed by atoms with Crippen LogP contribution in [0.3, 0.4) is 0 Å². The molecule has 0 atom stereocenters. The van der Waals surface area contributed by atoms with Crippen molar-refractivity contribution in [1.29, 1.82) is 0 Å². The summed E-state index contributed by atoms with van der Waals surface area (Å²) in [6.45, 7) is 9.32. The van der Waals surface area contributed by atoms with E-state index in [2.05, 4.69) is 51.2 Å². The fraction of sp³-hybridized carbons (Fsp3) is 0.400. The van der Waals surface area contributed by atoms with E-state index in [4.69, 9.17) is 0 Å². The van der Waals surface area contributed by atoms with E-state index < -0.39 is 0 Å². The number of allylic oxidation sites excluding steroid dienone is 8. The van der Waals surface area contributed by atoms with Crippen LogP contribution in [-0.2, 0) is 17.4 Å². The zero-order valence-electron chi connectivity index (χ0n) is 11.8. The molecule has 0 aromatic heterocycles. The molecule has 2 aliphatic rings. The maximum atomic E-state index is 2.99. The number of hydrogen-bond acceptors (Lipinski definition) is 0. The second-order valence-electron chi connectivity index (χ2n) is 4.13. The molecule has 0 saturated heterocycles. The molecule has 0 N–H and O–H groups in total. The topological polar surface area (TPSA) is 0 Å². The molecule has 2 rings (SSSR count). The van der Waals surface area contributed by atoms with Crippen molar-refractivity contribution < 1.29 is 17.4 Å². The maximum Gasteiger partial charge on any atom is -0.109 e. The maximum absolute atomic E-state index is 2.99. The van der Waals surface area contributed by atoms with E-state index in [9.17, 15) is 0 Å². The van der Waals surface area contributed by atoms with Gasteiger partial charge in [0.1, 0.15) is 0 Å². The standard InChI is InChI=1S/2C5H5.C3H6.C2H6Si.ClH.Ti/c2*1-2-4-5-3-1;2*1-3-2;;/h2*1-3H,4H2;2*1-2H3;1H;/q2*-1;;;;. The Bertz CT molecular complexity index is 321. The third-order valence-electron chi connectivity index (χ3n) is 1.67. The van der Waals surface area contributed by atoms with Gasteiger partial charge in [0.05, 0.1) is 0 Å². The second kappa shape index (κ2) is 15.1. The summed E-state index contributed by atoms with van der Waals surface area (Å²) in [6, 6.07) is 0. The van der Waals surface area contributed by atoms with Crippen molar-refractivity contribution in [2.75, 3.05) is 0 Å². The monoisotopic (exact) mass is 314 g/mol. The number of halogens is 1. The fourth-order valence-electron chi connectivity index (χ4n) is 1.18. The van der Waals surface area contributed by atoms with Gasteiger partial charge in [-0.1, -0.05) is 0 Å². The van der Waals surface area contributed by atoms with Gasteiger partial charge >= 0.3 is 54.4 Å². The first-order chi connectivity index (χ1) is 8.13. The van der Waals surface area contributed by atoms with Crippen molar-refractivity contribution in [2.45, 2.75) is 39.8 Å². The van der Waals surface area contributed by atoms with Gasteiger partial charge in [-0.15, -0.1) is 25.2 Å². The average molecular weight is 315 g/mol. The normalized spacial score (nSPS) is 12.7. The van der Waals surface area contributed by atoms with Gasteiger partial charge in [-0.2, -0.15) is 12.2 Å². The van der Waals surface area contributed by atoms with Gasteiger partial charge in [0.15, 0.2) is 0 Å². The summed E-state index contributed by atoms with van der Waals surface area (Å²) in [5, 5.41) is 0. The molecule has 100 valence electrons. The SMILES string of the molecule is C[C](C)=[Ti]=[Si](C)C.Cl.[C-]1=CC=CC1.[C-]1=CC=CC1. The Morgan fingerprint density at radius 2 is 1.44 bits per heavy atom. The molecule has 0 saturated carbocycles. The predicted octanol–water partition coefficient (Wildman–Crippen LogP) is 4.57. The van der Waals surface area contributed by atoms with Crippen molar-refractivity contribution >= 4 is 22.4 Å². The van der Waals surface area contributed by atoms with Crippen LogP contribution in [0.25, 0.3) is 0 Å². The van der Waals surface area contributed by atoms with E-state index in [0.29, 0.717) is 17.4 Å². The van der Waals surface area contributed by atoms with E-state index in [1.54, 1.807) is 3.81 Å². The Kier molecular flexibility index (Phi) is 17.1. The van der Waals surface area contributed by atoms with Crippen molar-refractivity contribution in [3.05, 3.63) is 48.6 Å². The Labute approximate surface area is 128 Å². The quantitative estimate of drug-likeness (QED) is 0.454. The first kappa shape index (κ1) is 20.4. The third-order valence-corrected chi connectivity index (χ3v) is 7.36. The van der Waals surface area contributed by atoms with E-state index in [1.807, 2.05) is 24.3 Å². The molecule has 0 aromatic carbocycles. The van der Waals surface area contributed by atoms with Crippen molar-refractivity contribution in [1.82, 2.24) is 0 Å². The molecular formula is C15H23ClSiTi-2. The zero-order valence-corrected chi connectivity index (χ0v) is 15.2. The fourth-order valence-corrected chi connectivity index (χ4v) is 6.87. The van der Waals surface area contributed by atoms with Gasteiger partial charge in [-0.25, -0.2) is 24.3 Å². The van der Waals surface area contributed by atoms with Gasteiger partial charge in [-0.05, 0) is 0 Å². The smallest absolute Gasteiger partial charge is 0.109 e. The Hall–Kier alpha value is 0.0512. The molecule has 0 nitrogen and oxygen atoms in total. The molecule has 0 unspecified atom stereocenters. The summed E-state index contributed by atoms with van der Waals surface area (Å²) in [4.78, 5) is 0. The third kappa shape index (κ3) is 18.4. The summed E-state index contributed by atoms with van der Waals surface area (Å²) in [5.41, 5.74) is 0. The van der Waals surface area contributed by atoms with Crippen LogP contribution in [0.5, 0.6) is 0 Å². The van der Waals surface area contributed by atoms with Crippen LogP contribution in [0.1, 0.15) is 26.7 Å². The number of hydrogen-bond donors (Lipinski definition) is 0. The summed E-state index contributed by atoms with van der Waals surface area (Å²) in [6.07, 6.45) is 20.2. The Morgan fingerprint density at radius 3 is 1.50 bits per heavy atom. The van der Waals surface area contributed by atoms with Crippen molar-refractivity contribution in [3.8, 4) is 0 Å². The van der Waals surface area contributed by atoms with E-state index in [-0.39, 0.29) is 18.6 Å². The van der Waals surface area contributed by atoms with Crippen LogP contribution >= 0.6 is 12.4 Å². The number of rotatable bonds is 0. The molecule has 18 heavy (non-hydrogen) atoms. The minimum absolute atomic E-state index is 0. The molecule has 0 heterocycles. The first-order valence-corrected chi connectivity index (χ1v) is 11.6. The molecule has 0 fully saturated rings. The van der Waals surface area contributed by atoms with Crippen LogP contribution in [0.2, 0.25) is 13.1 Å². The predicted molar refractivity (Wildman–Crippen MR) is 84.2 cm³/mol. The van der Waals surface area contributed by atoms with Gasteiger partial charge in [-0.3, -0.25) is 12.2 Å². The van der Waals surface area contributed by atoms with E-state index in [1.165, 1.54) is 0 Å². The second-order valence-corrected chi connectivity index (χ2v) is 13.8. The summed E-state index contributed by atoms with van der Waals surface area (Å²) in [5.74, 6) is 0. The summed E-state index contributed by atoms with van der Waals surface area (Å²) < 4.78 is 1.71. The molecule has 0 aliphatic heterocycles. The molecule has 0 aromatic rings. The summed E-state index contributed by atoms with van der Waals surface area (Å²) in [7, 11) is 0. The molecule has 0 radical (unpaired) electrons. The van der Waals surface area contributed by atoms with Gasteiger partial charge < -0.3 is 0 Å². The Balaban J connectivity index is 0. The van der Waals surface area contributed by atoms with Crippen LogP contribution in [-0.4, -0.2) is 10.00 Å². The van der Waals surface area contributed by atoms with E-state index in [0.717, 1.165) is 12.8 Å². The Morgan fingerprint density at radius 1 is 1.00 bits per heavy atom. The average Bonchev–Trinajstić information content (AvgIpc) is 2.96. The molecule has 0 bridgehead atoms. The minimum Gasteiger partial charge on any atom is -0.273 e. The van der Waals surface area contributed by atoms with Gasteiger partial charge in [0, 0.05) is 0 Å². The van der Waals surface area contributed by atoms with Crippen molar-refractivity contribution in [3.63, 3.8) is 0 Å². The molecular weight excluding hydrogens is 292 g/mol. The first-order valence-electron chi connectivity index (χ1n) is 5.93. The van der Waals surface area contributed by atoms with Crippen LogP contribution < -0.4 is 0 Å². The largest absolute Gasteiger partial charge is 0.273 e.